The molecule has 138 valence electrons. The Bertz CT molecular complexity index is 613. The van der Waals surface area contributed by atoms with E-state index in [0.717, 1.165) is 18.5 Å². The first-order valence-electron chi connectivity index (χ1n) is 9.00. The molecule has 0 spiro atoms. The monoisotopic (exact) mass is 352 g/mol. The van der Waals surface area contributed by atoms with Crippen LogP contribution in [0.3, 0.4) is 0 Å². The minimum atomic E-state index is -2.61. The number of likely N-dealkylation sites (tertiary alicyclic amines) is 1. The summed E-state index contributed by atoms with van der Waals surface area (Å²) in [7, 11) is 3.96. The molecule has 2 aliphatic rings. The van der Waals surface area contributed by atoms with E-state index in [1.165, 1.54) is 0 Å². The molecule has 0 aromatic carbocycles. The van der Waals surface area contributed by atoms with Gasteiger partial charge in [0.1, 0.15) is 0 Å². The van der Waals surface area contributed by atoms with Crippen LogP contribution in [0.15, 0.2) is 12.3 Å². The van der Waals surface area contributed by atoms with Crippen molar-refractivity contribution < 1.29 is 13.6 Å². The van der Waals surface area contributed by atoms with Gasteiger partial charge in [0.15, 0.2) is 5.82 Å². The topological polar surface area (TPSA) is 49.3 Å². The molecule has 7 heteroatoms. The van der Waals surface area contributed by atoms with E-state index in [4.69, 9.17) is 0 Å². The third-order valence-electron chi connectivity index (χ3n) is 5.11. The third kappa shape index (κ3) is 4.32. The van der Waals surface area contributed by atoms with Crippen LogP contribution < -0.4 is 0 Å². The summed E-state index contributed by atoms with van der Waals surface area (Å²) in [4.78, 5) is 25.7. The van der Waals surface area contributed by atoms with Gasteiger partial charge in [0.05, 0.1) is 11.7 Å². The molecule has 0 N–H and O–H groups in total. The van der Waals surface area contributed by atoms with Crippen LogP contribution in [0.25, 0.3) is 0 Å². The smallest absolute Gasteiger partial charge is 0.248 e. The van der Waals surface area contributed by atoms with Gasteiger partial charge in [0.25, 0.3) is 0 Å². The predicted molar refractivity (Wildman–Crippen MR) is 90.0 cm³/mol. The van der Waals surface area contributed by atoms with Crippen molar-refractivity contribution in [3.63, 3.8) is 0 Å². The second-order valence-corrected chi connectivity index (χ2v) is 7.46. The van der Waals surface area contributed by atoms with Crippen LogP contribution in [-0.2, 0) is 11.3 Å². The lowest BCUT2D eigenvalue weighted by Crippen LogP contribution is -2.39. The Kier molecular flexibility index (Phi) is 5.32. The zero-order valence-electron chi connectivity index (χ0n) is 14.9. The summed E-state index contributed by atoms with van der Waals surface area (Å²) >= 11 is 0. The second kappa shape index (κ2) is 7.32. The lowest BCUT2D eigenvalue weighted by atomic mass is 9.85. The maximum absolute atomic E-state index is 13.4. The Morgan fingerprint density at radius 2 is 2.04 bits per heavy atom. The zero-order valence-corrected chi connectivity index (χ0v) is 14.9. The molecule has 1 aliphatic carbocycles. The van der Waals surface area contributed by atoms with Crippen molar-refractivity contribution in [3.05, 3.63) is 23.8 Å². The van der Waals surface area contributed by atoms with E-state index in [0.29, 0.717) is 18.9 Å². The van der Waals surface area contributed by atoms with Crippen molar-refractivity contribution in [2.75, 3.05) is 20.6 Å². The Hall–Kier alpha value is -1.63. The van der Waals surface area contributed by atoms with Crippen LogP contribution in [0.1, 0.15) is 56.1 Å². The molecule has 0 bridgehead atoms. The number of aromatic nitrogens is 2. The molecule has 1 aliphatic heterocycles. The molecule has 0 unspecified atom stereocenters. The van der Waals surface area contributed by atoms with Crippen LogP contribution in [0.5, 0.6) is 0 Å². The number of rotatable bonds is 4. The molecule has 5 nitrogen and oxygen atoms in total. The van der Waals surface area contributed by atoms with Crippen molar-refractivity contribution in [1.29, 1.82) is 0 Å². The number of alkyl halides is 2. The molecule has 0 radical (unpaired) electrons. The van der Waals surface area contributed by atoms with Crippen molar-refractivity contribution in [2.24, 2.45) is 5.92 Å². The average molecular weight is 352 g/mol. The highest BCUT2D eigenvalue weighted by molar-refractivity contribution is 5.79. The summed E-state index contributed by atoms with van der Waals surface area (Å²) in [5.74, 6) is -2.22. The summed E-state index contributed by atoms with van der Waals surface area (Å²) in [5, 5.41) is 0. The molecule has 1 atom stereocenters. The van der Waals surface area contributed by atoms with Crippen molar-refractivity contribution in [3.8, 4) is 0 Å². The van der Waals surface area contributed by atoms with Gasteiger partial charge in [-0.15, -0.1) is 0 Å². The summed E-state index contributed by atoms with van der Waals surface area (Å²) in [6, 6.07) is 1.76. The Labute approximate surface area is 147 Å². The van der Waals surface area contributed by atoms with Gasteiger partial charge in [-0.2, -0.15) is 0 Å². The summed E-state index contributed by atoms with van der Waals surface area (Å²) in [6.45, 7) is 1.38. The SMILES string of the molecule is CN(C)Cc1ccnc([C@@H]2CCCN2C(=O)C2CCC(F)(F)CC2)n1. The predicted octanol–water partition coefficient (Wildman–Crippen LogP) is 3.03. The number of hydrogen-bond donors (Lipinski definition) is 0. The van der Waals surface area contributed by atoms with E-state index in [2.05, 4.69) is 9.97 Å². The lowest BCUT2D eigenvalue weighted by Gasteiger charge is -2.32. The molecule has 25 heavy (non-hydrogen) atoms. The van der Waals surface area contributed by atoms with Gasteiger partial charge in [-0.1, -0.05) is 0 Å². The molecular formula is C18H26F2N4O. The molecule has 1 aromatic heterocycles. The number of nitrogens with zero attached hydrogens (tertiary/aromatic N) is 4. The van der Waals surface area contributed by atoms with E-state index < -0.39 is 5.92 Å². The van der Waals surface area contributed by atoms with Gasteiger partial charge >= 0.3 is 0 Å². The molecule has 2 fully saturated rings. The highest BCUT2D eigenvalue weighted by atomic mass is 19.3. The fourth-order valence-electron chi connectivity index (χ4n) is 3.81. The van der Waals surface area contributed by atoms with Gasteiger partial charge in [0, 0.05) is 38.0 Å². The summed E-state index contributed by atoms with van der Waals surface area (Å²) in [5.41, 5.74) is 0.923. The van der Waals surface area contributed by atoms with Crippen LogP contribution in [-0.4, -0.2) is 52.2 Å². The minimum Gasteiger partial charge on any atom is -0.332 e. The quantitative estimate of drug-likeness (QED) is 0.836. The van der Waals surface area contributed by atoms with Gasteiger partial charge in [-0.25, -0.2) is 18.7 Å². The Balaban J connectivity index is 1.71. The first-order chi connectivity index (χ1) is 11.9. The molecular weight excluding hydrogens is 326 g/mol. The van der Waals surface area contributed by atoms with Crippen LogP contribution in [0, 0.1) is 5.92 Å². The van der Waals surface area contributed by atoms with Crippen molar-refractivity contribution in [2.45, 2.75) is 57.0 Å². The van der Waals surface area contributed by atoms with Gasteiger partial charge in [0.2, 0.25) is 11.8 Å². The van der Waals surface area contributed by atoms with E-state index in [1.807, 2.05) is 30.0 Å². The first-order valence-corrected chi connectivity index (χ1v) is 9.00. The molecule has 1 aromatic rings. The number of carbonyl (C=O) groups excluding carboxylic acids is 1. The number of carbonyl (C=O) groups is 1. The standard InChI is InChI=1S/C18H26F2N4O/c1-23(2)12-14-7-10-21-16(22-14)15-4-3-11-24(15)17(25)13-5-8-18(19,20)9-6-13/h7,10,13,15H,3-6,8-9,11-12H2,1-2H3/t15-/m0/s1. The lowest BCUT2D eigenvalue weighted by molar-refractivity contribution is -0.140. The third-order valence-corrected chi connectivity index (χ3v) is 5.11. The summed E-state index contributed by atoms with van der Waals surface area (Å²) < 4.78 is 26.7. The minimum absolute atomic E-state index is 0.000359. The van der Waals surface area contributed by atoms with E-state index in [1.54, 1.807) is 6.20 Å². The van der Waals surface area contributed by atoms with Crippen molar-refractivity contribution in [1.82, 2.24) is 19.8 Å². The number of halogens is 2. The number of hydrogen-bond acceptors (Lipinski definition) is 4. The van der Waals surface area contributed by atoms with Crippen molar-refractivity contribution >= 4 is 5.91 Å². The van der Waals surface area contributed by atoms with Crippen LogP contribution >= 0.6 is 0 Å². The molecule has 3 rings (SSSR count). The Morgan fingerprint density at radius 3 is 2.72 bits per heavy atom. The maximum Gasteiger partial charge on any atom is 0.248 e. The maximum atomic E-state index is 13.4. The van der Waals surface area contributed by atoms with Gasteiger partial charge < -0.3 is 9.80 Å². The van der Waals surface area contributed by atoms with E-state index >= 15 is 0 Å². The van der Waals surface area contributed by atoms with Crippen LogP contribution in [0.2, 0.25) is 0 Å². The van der Waals surface area contributed by atoms with Crippen LogP contribution in [0.4, 0.5) is 8.78 Å². The highest BCUT2D eigenvalue weighted by Gasteiger charge is 2.41. The zero-order chi connectivity index (χ0) is 18.0. The fraction of sp³-hybridized carbons (Fsp3) is 0.722. The highest BCUT2D eigenvalue weighted by Crippen LogP contribution is 2.39. The normalized spacial score (nSPS) is 24.0. The number of amides is 1. The summed E-state index contributed by atoms with van der Waals surface area (Å²) in [6.07, 6.45) is 3.66. The van der Waals surface area contributed by atoms with Gasteiger partial charge in [-0.05, 0) is 45.8 Å². The molecule has 1 amide bonds. The van der Waals surface area contributed by atoms with E-state index in [-0.39, 0.29) is 43.6 Å². The van der Waals surface area contributed by atoms with E-state index in [9.17, 15) is 13.6 Å². The second-order valence-electron chi connectivity index (χ2n) is 7.46. The largest absolute Gasteiger partial charge is 0.332 e. The Morgan fingerprint density at radius 1 is 1.32 bits per heavy atom. The molecule has 2 heterocycles. The van der Waals surface area contributed by atoms with Gasteiger partial charge in [-0.3, -0.25) is 4.79 Å². The fourth-order valence-corrected chi connectivity index (χ4v) is 3.81. The first kappa shape index (κ1) is 18.2. The molecule has 1 saturated carbocycles. The molecule has 1 saturated heterocycles. The average Bonchev–Trinajstić information content (AvgIpc) is 3.03.